The Labute approximate surface area is 166 Å². The van der Waals surface area contributed by atoms with Gasteiger partial charge < -0.3 is 5.11 Å². The molecule has 0 amide bonds. The summed E-state index contributed by atoms with van der Waals surface area (Å²) in [7, 11) is 0. The van der Waals surface area contributed by atoms with E-state index in [9.17, 15) is 9.50 Å². The molecule has 0 spiro atoms. The van der Waals surface area contributed by atoms with Crippen LogP contribution in [0.15, 0.2) is 41.8 Å². The molecular formula is C20H22FN5OS. The molecule has 2 bridgehead atoms. The van der Waals surface area contributed by atoms with Gasteiger partial charge in [0.2, 0.25) is 0 Å². The number of hydrogen-bond donors (Lipinski definition) is 1. The van der Waals surface area contributed by atoms with Gasteiger partial charge in [-0.15, -0.1) is 16.4 Å². The first-order valence-electron chi connectivity index (χ1n) is 9.63. The van der Waals surface area contributed by atoms with Gasteiger partial charge in [0.15, 0.2) is 5.82 Å². The van der Waals surface area contributed by atoms with Crippen LogP contribution in [0.1, 0.15) is 41.9 Å². The molecule has 4 heterocycles. The number of nitrogens with zero attached hydrogens (tertiary/aromatic N) is 5. The second-order valence-electron chi connectivity index (χ2n) is 7.81. The predicted octanol–water partition coefficient (Wildman–Crippen LogP) is 2.94. The fraction of sp³-hybridized carbons (Fsp3) is 0.450. The van der Waals surface area contributed by atoms with Crippen LogP contribution in [-0.4, -0.2) is 42.3 Å². The second-order valence-corrected chi connectivity index (χ2v) is 8.84. The Morgan fingerprint density at radius 3 is 2.61 bits per heavy atom. The van der Waals surface area contributed by atoms with Gasteiger partial charge in [0.05, 0.1) is 18.7 Å². The molecule has 2 saturated heterocycles. The van der Waals surface area contributed by atoms with Crippen molar-refractivity contribution in [2.45, 2.75) is 56.5 Å². The highest BCUT2D eigenvalue weighted by Crippen LogP contribution is 2.46. The molecule has 1 N–H and O–H groups in total. The number of tetrazole rings is 1. The minimum absolute atomic E-state index is 0.204. The number of aliphatic hydroxyl groups is 1. The number of halogens is 1. The summed E-state index contributed by atoms with van der Waals surface area (Å²) in [6.07, 6.45) is 3.09. The molecule has 8 heteroatoms. The topological polar surface area (TPSA) is 67.1 Å². The first-order valence-corrected chi connectivity index (χ1v) is 10.5. The molecule has 2 unspecified atom stereocenters. The van der Waals surface area contributed by atoms with E-state index in [4.69, 9.17) is 0 Å². The highest BCUT2D eigenvalue weighted by atomic mass is 32.1. The summed E-state index contributed by atoms with van der Waals surface area (Å²) < 4.78 is 16.2. The summed E-state index contributed by atoms with van der Waals surface area (Å²) in [5, 5.41) is 25.6. The van der Waals surface area contributed by atoms with Crippen LogP contribution < -0.4 is 0 Å². The van der Waals surface area contributed by atoms with Crippen molar-refractivity contribution in [3.8, 4) is 0 Å². The molecule has 146 valence electrons. The summed E-state index contributed by atoms with van der Waals surface area (Å²) in [5.74, 6) is 0.513. The zero-order valence-corrected chi connectivity index (χ0v) is 16.2. The normalized spacial score (nSPS) is 27.4. The van der Waals surface area contributed by atoms with E-state index in [1.54, 1.807) is 29.5 Å². The van der Waals surface area contributed by atoms with Crippen molar-refractivity contribution < 1.29 is 9.50 Å². The fourth-order valence-corrected chi connectivity index (χ4v) is 5.49. The molecular weight excluding hydrogens is 377 g/mol. The van der Waals surface area contributed by atoms with E-state index in [2.05, 4.69) is 26.5 Å². The molecule has 2 aromatic heterocycles. The van der Waals surface area contributed by atoms with Gasteiger partial charge in [-0.05, 0) is 53.6 Å². The highest BCUT2D eigenvalue weighted by Gasteiger charge is 2.49. The lowest BCUT2D eigenvalue weighted by molar-refractivity contribution is -0.0624. The number of fused-ring (bicyclic) bond motifs is 2. The fourth-order valence-electron chi connectivity index (χ4n) is 4.81. The predicted molar refractivity (Wildman–Crippen MR) is 103 cm³/mol. The van der Waals surface area contributed by atoms with Crippen molar-refractivity contribution in [3.63, 3.8) is 0 Å². The quantitative estimate of drug-likeness (QED) is 0.715. The van der Waals surface area contributed by atoms with Crippen molar-refractivity contribution >= 4 is 11.3 Å². The Bertz CT molecular complexity index is 945. The molecule has 28 heavy (non-hydrogen) atoms. The molecule has 0 radical (unpaired) electrons. The summed E-state index contributed by atoms with van der Waals surface area (Å²) in [6, 6.07) is 11.1. The Morgan fingerprint density at radius 2 is 1.89 bits per heavy atom. The largest absolute Gasteiger partial charge is 0.385 e. The first-order chi connectivity index (χ1) is 13.6. The standard InChI is InChI=1S/C20H22FN5OS/c21-18-6-2-1-5-17(18)20(27)10-14-7-8-15(11-20)25(14)13-19-22-23-24-26(19)12-16-4-3-9-28-16/h1-6,9,14-15,27H,7-8,10-13H2. The van der Waals surface area contributed by atoms with E-state index in [-0.39, 0.29) is 17.9 Å². The van der Waals surface area contributed by atoms with Crippen LogP contribution in [0, 0.1) is 5.82 Å². The average molecular weight is 399 g/mol. The van der Waals surface area contributed by atoms with Gasteiger partial charge in [0.1, 0.15) is 5.82 Å². The van der Waals surface area contributed by atoms with Gasteiger partial charge in [0.25, 0.3) is 0 Å². The number of benzene rings is 1. The molecule has 5 rings (SSSR count). The lowest BCUT2D eigenvalue weighted by Gasteiger charge is -2.43. The second kappa shape index (κ2) is 7.02. The third-order valence-electron chi connectivity index (χ3n) is 6.11. The van der Waals surface area contributed by atoms with Crippen molar-refractivity contribution in [2.75, 3.05) is 0 Å². The molecule has 2 aliphatic heterocycles. The van der Waals surface area contributed by atoms with E-state index in [0.29, 0.717) is 31.5 Å². The molecule has 3 aromatic rings. The van der Waals surface area contributed by atoms with Crippen LogP contribution in [0.2, 0.25) is 0 Å². The van der Waals surface area contributed by atoms with Crippen molar-refractivity contribution in [2.24, 2.45) is 0 Å². The zero-order valence-electron chi connectivity index (χ0n) is 15.4. The Hall–Kier alpha value is -2.16. The van der Waals surface area contributed by atoms with Gasteiger partial charge in [0, 0.05) is 22.5 Å². The maximum Gasteiger partial charge on any atom is 0.165 e. The summed E-state index contributed by atoms with van der Waals surface area (Å²) in [6.45, 7) is 1.32. The Kier molecular flexibility index (Phi) is 4.49. The number of rotatable bonds is 5. The molecule has 2 atom stereocenters. The van der Waals surface area contributed by atoms with Gasteiger partial charge in [-0.3, -0.25) is 4.90 Å². The molecule has 0 saturated carbocycles. The molecule has 0 aliphatic carbocycles. The smallest absolute Gasteiger partial charge is 0.165 e. The molecule has 2 fully saturated rings. The lowest BCUT2D eigenvalue weighted by atomic mass is 9.80. The van der Waals surface area contributed by atoms with E-state index >= 15 is 0 Å². The van der Waals surface area contributed by atoms with Crippen LogP contribution in [0.3, 0.4) is 0 Å². The first kappa shape index (κ1) is 17.9. The number of aromatic nitrogens is 4. The van der Waals surface area contributed by atoms with Crippen LogP contribution in [-0.2, 0) is 18.7 Å². The van der Waals surface area contributed by atoms with Gasteiger partial charge in [-0.2, -0.15) is 0 Å². The molecule has 2 aliphatic rings. The van der Waals surface area contributed by atoms with E-state index < -0.39 is 5.60 Å². The zero-order chi connectivity index (χ0) is 19.1. The monoisotopic (exact) mass is 399 g/mol. The lowest BCUT2D eigenvalue weighted by Crippen LogP contribution is -2.49. The number of piperidine rings is 1. The third kappa shape index (κ3) is 3.15. The Morgan fingerprint density at radius 1 is 1.11 bits per heavy atom. The minimum Gasteiger partial charge on any atom is -0.385 e. The SMILES string of the molecule is OC1(c2ccccc2F)CC2CCC(C1)N2Cc1nnnn1Cc1cccs1. The van der Waals surface area contributed by atoms with Crippen LogP contribution in [0.5, 0.6) is 0 Å². The minimum atomic E-state index is -1.10. The highest BCUT2D eigenvalue weighted by molar-refractivity contribution is 7.09. The molecule has 1 aromatic carbocycles. The van der Waals surface area contributed by atoms with E-state index in [1.807, 2.05) is 16.1 Å². The maximum absolute atomic E-state index is 14.3. The number of hydrogen-bond acceptors (Lipinski definition) is 6. The average Bonchev–Trinajstić information content (AvgIpc) is 3.39. The third-order valence-corrected chi connectivity index (χ3v) is 6.97. The molecule has 6 nitrogen and oxygen atoms in total. The van der Waals surface area contributed by atoms with Crippen molar-refractivity contribution in [3.05, 3.63) is 63.9 Å². The van der Waals surface area contributed by atoms with Crippen LogP contribution >= 0.6 is 11.3 Å². The van der Waals surface area contributed by atoms with E-state index in [0.717, 1.165) is 18.7 Å². The van der Waals surface area contributed by atoms with Crippen molar-refractivity contribution in [1.29, 1.82) is 0 Å². The summed E-state index contributed by atoms with van der Waals surface area (Å²) >= 11 is 1.69. The number of thiophene rings is 1. The Balaban J connectivity index is 1.34. The summed E-state index contributed by atoms with van der Waals surface area (Å²) in [5.41, 5.74) is -0.676. The van der Waals surface area contributed by atoms with Crippen molar-refractivity contribution in [1.82, 2.24) is 25.1 Å². The van der Waals surface area contributed by atoms with Crippen LogP contribution in [0.25, 0.3) is 0 Å². The van der Waals surface area contributed by atoms with Crippen LogP contribution in [0.4, 0.5) is 4.39 Å². The maximum atomic E-state index is 14.3. The summed E-state index contributed by atoms with van der Waals surface area (Å²) in [4.78, 5) is 3.61. The van der Waals surface area contributed by atoms with Gasteiger partial charge in [-0.25, -0.2) is 9.07 Å². The van der Waals surface area contributed by atoms with E-state index in [1.165, 1.54) is 10.9 Å². The van der Waals surface area contributed by atoms with Gasteiger partial charge >= 0.3 is 0 Å². The van der Waals surface area contributed by atoms with Gasteiger partial charge in [-0.1, -0.05) is 24.3 Å².